The van der Waals surface area contributed by atoms with Crippen LogP contribution in [-0.4, -0.2) is 43.7 Å². The molecule has 21 heavy (non-hydrogen) atoms. The molecule has 1 N–H and O–H groups in total. The summed E-state index contributed by atoms with van der Waals surface area (Å²) >= 11 is 0. The van der Waals surface area contributed by atoms with Crippen LogP contribution in [0.3, 0.4) is 0 Å². The average Bonchev–Trinajstić information content (AvgIpc) is 2.80. The number of hydrogen-bond donors (Lipinski definition) is 1. The van der Waals surface area contributed by atoms with E-state index in [-0.39, 0.29) is 11.6 Å². The minimum atomic E-state index is -4.78. The number of aliphatic hydroxyl groups is 1. The Kier molecular flexibility index (Phi) is 4.54. The molecule has 2 atom stereocenters. The topological polar surface area (TPSA) is 62.7 Å². The maximum absolute atomic E-state index is 12.2. The average molecular weight is 324 g/mol. The van der Waals surface area contributed by atoms with Crippen molar-refractivity contribution in [2.24, 2.45) is 0 Å². The molecule has 0 aromatic carbocycles. The van der Waals surface area contributed by atoms with E-state index in [1.54, 1.807) is 4.31 Å². The van der Waals surface area contributed by atoms with Crippen molar-refractivity contribution < 1.29 is 27.2 Å². The molecule has 1 aliphatic rings. The van der Waals surface area contributed by atoms with Crippen LogP contribution in [0.4, 0.5) is 13.2 Å². The van der Waals surface area contributed by atoms with Gasteiger partial charge in [-0.15, -0.1) is 13.2 Å². The minimum absolute atomic E-state index is 0.130. The molecular weight excluding hydrogens is 309 g/mol. The smallest absolute Gasteiger partial charge is 0.404 e. The van der Waals surface area contributed by atoms with Crippen molar-refractivity contribution >= 4 is 11.0 Å². The van der Waals surface area contributed by atoms with Gasteiger partial charge >= 0.3 is 6.36 Å². The standard InChI is InChI=1S/C12H15F3N2O3S/c1-2-11(18)5-6-17(8-11)21(19)10-4-3-9(7-16-10)20-12(13,14)15/h3-4,7,18H,2,5-6,8H2,1H3. The first-order chi connectivity index (χ1) is 9.72. The molecule has 118 valence electrons. The molecule has 0 aliphatic carbocycles. The monoisotopic (exact) mass is 324 g/mol. The first kappa shape index (κ1) is 16.2. The number of nitrogens with zero attached hydrogens (tertiary/aromatic N) is 2. The molecule has 0 radical (unpaired) electrons. The van der Waals surface area contributed by atoms with Gasteiger partial charge in [-0.3, -0.25) is 0 Å². The fourth-order valence-corrected chi connectivity index (χ4v) is 3.25. The third kappa shape index (κ3) is 4.14. The maximum Gasteiger partial charge on any atom is 0.573 e. The Bertz CT molecular complexity index is 523. The number of aromatic nitrogens is 1. The predicted octanol–water partition coefficient (Wildman–Crippen LogP) is 1.85. The number of pyridine rings is 1. The molecule has 9 heteroatoms. The zero-order valence-corrected chi connectivity index (χ0v) is 12.1. The van der Waals surface area contributed by atoms with Crippen LogP contribution in [0.2, 0.25) is 0 Å². The normalized spacial score (nSPS) is 25.0. The highest BCUT2D eigenvalue weighted by atomic mass is 32.2. The van der Waals surface area contributed by atoms with Crippen molar-refractivity contribution in [3.05, 3.63) is 18.3 Å². The summed E-state index contributed by atoms with van der Waals surface area (Å²) in [7, 11) is -1.61. The quantitative estimate of drug-likeness (QED) is 0.918. The SMILES string of the molecule is CCC1(O)CCN(S(=O)c2ccc(OC(F)(F)F)cn2)C1. The van der Waals surface area contributed by atoms with Gasteiger partial charge in [0.05, 0.1) is 11.8 Å². The molecule has 0 bridgehead atoms. The highest BCUT2D eigenvalue weighted by molar-refractivity contribution is 7.82. The fraction of sp³-hybridized carbons (Fsp3) is 0.583. The molecule has 0 saturated carbocycles. The highest BCUT2D eigenvalue weighted by Gasteiger charge is 2.37. The lowest BCUT2D eigenvalue weighted by Crippen LogP contribution is -2.33. The van der Waals surface area contributed by atoms with Crippen LogP contribution in [-0.2, 0) is 11.0 Å². The van der Waals surface area contributed by atoms with Gasteiger partial charge < -0.3 is 9.84 Å². The van der Waals surface area contributed by atoms with Crippen LogP contribution in [0.1, 0.15) is 19.8 Å². The van der Waals surface area contributed by atoms with Gasteiger partial charge in [-0.2, -0.15) is 0 Å². The number of hydrogen-bond acceptors (Lipinski definition) is 4. The highest BCUT2D eigenvalue weighted by Crippen LogP contribution is 2.28. The fourth-order valence-electron chi connectivity index (χ4n) is 2.05. The molecule has 1 aromatic heterocycles. The zero-order chi connectivity index (χ0) is 15.7. The lowest BCUT2D eigenvalue weighted by atomic mass is 10.0. The van der Waals surface area contributed by atoms with Crippen LogP contribution in [0, 0.1) is 0 Å². The van der Waals surface area contributed by atoms with E-state index in [2.05, 4.69) is 9.72 Å². The van der Waals surface area contributed by atoms with Crippen LogP contribution in [0.5, 0.6) is 5.75 Å². The number of rotatable bonds is 4. The summed E-state index contributed by atoms with van der Waals surface area (Å²) in [5.41, 5.74) is -0.866. The third-order valence-corrected chi connectivity index (χ3v) is 4.69. The lowest BCUT2D eigenvalue weighted by molar-refractivity contribution is -0.274. The summed E-state index contributed by atoms with van der Waals surface area (Å²) in [6.07, 6.45) is -2.85. The molecule has 1 saturated heterocycles. The van der Waals surface area contributed by atoms with Gasteiger partial charge in [0.25, 0.3) is 0 Å². The lowest BCUT2D eigenvalue weighted by Gasteiger charge is -2.20. The molecular formula is C12H15F3N2O3S. The Labute approximate surface area is 122 Å². The summed E-state index contributed by atoms with van der Waals surface area (Å²) in [5.74, 6) is -0.463. The molecule has 1 aromatic rings. The Morgan fingerprint density at radius 3 is 2.71 bits per heavy atom. The predicted molar refractivity (Wildman–Crippen MR) is 68.8 cm³/mol. The van der Waals surface area contributed by atoms with E-state index in [9.17, 15) is 22.5 Å². The van der Waals surface area contributed by atoms with Gasteiger partial charge in [0.1, 0.15) is 21.8 Å². The van der Waals surface area contributed by atoms with E-state index < -0.39 is 28.7 Å². The van der Waals surface area contributed by atoms with Gasteiger partial charge in [0.2, 0.25) is 0 Å². The van der Waals surface area contributed by atoms with Crippen molar-refractivity contribution in [1.29, 1.82) is 0 Å². The van der Waals surface area contributed by atoms with Crippen molar-refractivity contribution in [1.82, 2.24) is 9.29 Å². The second-order valence-corrected chi connectivity index (χ2v) is 6.25. The third-order valence-electron chi connectivity index (χ3n) is 3.31. The summed E-state index contributed by atoms with van der Waals surface area (Å²) in [5, 5.41) is 10.2. The van der Waals surface area contributed by atoms with Gasteiger partial charge in [0, 0.05) is 13.1 Å². The zero-order valence-electron chi connectivity index (χ0n) is 11.3. The minimum Gasteiger partial charge on any atom is -0.404 e. The molecule has 0 spiro atoms. The van der Waals surface area contributed by atoms with Crippen molar-refractivity contribution in [2.45, 2.75) is 36.8 Å². The summed E-state index contributed by atoms with van der Waals surface area (Å²) in [4.78, 5) is 3.73. The largest absolute Gasteiger partial charge is 0.573 e. The van der Waals surface area contributed by atoms with E-state index in [1.165, 1.54) is 6.07 Å². The Hall–Kier alpha value is -1.19. The van der Waals surface area contributed by atoms with Crippen molar-refractivity contribution in [2.75, 3.05) is 13.1 Å². The van der Waals surface area contributed by atoms with Crippen LogP contribution in [0.25, 0.3) is 0 Å². The number of halogens is 3. The number of alkyl halides is 3. The first-order valence-electron chi connectivity index (χ1n) is 6.33. The van der Waals surface area contributed by atoms with Gasteiger partial charge in [-0.25, -0.2) is 13.5 Å². The van der Waals surface area contributed by atoms with Gasteiger partial charge in [-0.1, -0.05) is 6.92 Å². The van der Waals surface area contributed by atoms with E-state index >= 15 is 0 Å². The van der Waals surface area contributed by atoms with Gasteiger partial charge in [0.15, 0.2) is 0 Å². The summed E-state index contributed by atoms with van der Waals surface area (Å²) in [6.45, 7) is 2.53. The Balaban J connectivity index is 2.04. The van der Waals surface area contributed by atoms with Crippen molar-refractivity contribution in [3.63, 3.8) is 0 Å². The van der Waals surface area contributed by atoms with E-state index in [0.29, 0.717) is 19.4 Å². The Morgan fingerprint density at radius 2 is 2.24 bits per heavy atom. The van der Waals surface area contributed by atoms with E-state index in [1.807, 2.05) is 6.92 Å². The molecule has 1 aliphatic heterocycles. The van der Waals surface area contributed by atoms with Gasteiger partial charge in [-0.05, 0) is 25.0 Å². The molecule has 2 heterocycles. The van der Waals surface area contributed by atoms with E-state index in [4.69, 9.17) is 0 Å². The number of β-amino-alcohol motifs (C(OH)–C–C–N with tert-alkyl or cyclic N) is 1. The Morgan fingerprint density at radius 1 is 1.52 bits per heavy atom. The second kappa shape index (κ2) is 5.90. The molecule has 2 unspecified atom stereocenters. The van der Waals surface area contributed by atoms with E-state index in [0.717, 1.165) is 12.3 Å². The number of ether oxygens (including phenoxy) is 1. The molecule has 1 fully saturated rings. The molecule has 5 nitrogen and oxygen atoms in total. The molecule has 0 amide bonds. The van der Waals surface area contributed by atoms with Crippen LogP contribution in [0.15, 0.2) is 23.4 Å². The first-order valence-corrected chi connectivity index (χ1v) is 7.44. The van der Waals surface area contributed by atoms with Crippen molar-refractivity contribution in [3.8, 4) is 5.75 Å². The van der Waals surface area contributed by atoms with Crippen LogP contribution >= 0.6 is 0 Å². The molecule has 2 rings (SSSR count). The maximum atomic E-state index is 12.2. The summed E-state index contributed by atoms with van der Waals surface area (Å²) in [6, 6.07) is 2.29. The van der Waals surface area contributed by atoms with Crippen LogP contribution < -0.4 is 4.74 Å². The summed E-state index contributed by atoms with van der Waals surface area (Å²) < 4.78 is 53.6. The second-order valence-electron chi connectivity index (χ2n) is 4.82.